The third-order valence-electron chi connectivity index (χ3n) is 8.61. The number of hydrogen-bond donors (Lipinski definition) is 14. The summed E-state index contributed by atoms with van der Waals surface area (Å²) in [5.41, 5.74) is 0. The summed E-state index contributed by atoms with van der Waals surface area (Å²) in [7, 11) is 0. The Balaban J connectivity index is 1.61. The Bertz CT molecular complexity index is 1030. The lowest BCUT2D eigenvalue weighted by Gasteiger charge is -2.50. The molecule has 0 aliphatic carbocycles. The summed E-state index contributed by atoms with van der Waals surface area (Å²) >= 11 is 0. The molecule has 4 aliphatic heterocycles. The second-order valence-electron chi connectivity index (χ2n) is 11.9. The molecule has 0 aromatic carbocycles. The number of nitrogens with one attached hydrogen (secondary N) is 1. The van der Waals surface area contributed by atoms with Crippen LogP contribution in [0.1, 0.15) is 6.92 Å². The Morgan fingerprint density at radius 2 is 0.896 bits per heavy atom. The standard InChI is InChI=1S/C26H45NO21/c1-6(32)27-11-20(13(34)9(4-30)43-24(11)47-21-14(35)8(3-29)42-23(41)18(21)39)46-26-19(40)22(15(36)10(5-31)45-26)48-25-17(38)16(37)12(33)7(2-28)44-25/h7-26,28-31,33-41H,2-5H2,1H3,(H,27,32)/t7-,8-,9-,10-,11-,12+,13-,14+,15+,16+,17-,18-,19-,20-,21+,22+,23?,24+,25+,26+/m1/s1. The van der Waals surface area contributed by atoms with Crippen LogP contribution in [0.5, 0.6) is 0 Å². The summed E-state index contributed by atoms with van der Waals surface area (Å²) in [4.78, 5) is 12.3. The largest absolute Gasteiger partial charge is 0.394 e. The Kier molecular flexibility index (Phi) is 13.8. The lowest BCUT2D eigenvalue weighted by molar-refractivity contribution is -0.379. The quantitative estimate of drug-likeness (QED) is 0.0947. The third kappa shape index (κ3) is 8.08. The lowest BCUT2D eigenvalue weighted by atomic mass is 9.94. The summed E-state index contributed by atoms with van der Waals surface area (Å²) in [6.07, 6.45) is -33.9. The van der Waals surface area contributed by atoms with Crippen LogP contribution in [0.25, 0.3) is 0 Å². The van der Waals surface area contributed by atoms with E-state index >= 15 is 0 Å². The van der Waals surface area contributed by atoms with Gasteiger partial charge in [0.15, 0.2) is 25.2 Å². The topological polar surface area (TPSA) is 357 Å². The average Bonchev–Trinajstić information content (AvgIpc) is 3.06. The van der Waals surface area contributed by atoms with Gasteiger partial charge < -0.3 is 105 Å². The van der Waals surface area contributed by atoms with Gasteiger partial charge in [-0.25, -0.2) is 0 Å². The van der Waals surface area contributed by atoms with Crippen LogP contribution in [-0.4, -0.2) is 221 Å². The van der Waals surface area contributed by atoms with E-state index in [4.69, 9.17) is 33.2 Å². The number of ether oxygens (including phenoxy) is 7. The van der Waals surface area contributed by atoms with E-state index in [9.17, 15) is 71.2 Å². The van der Waals surface area contributed by atoms with Crippen LogP contribution in [0, 0.1) is 0 Å². The number of hydrogen-bond acceptors (Lipinski definition) is 21. The van der Waals surface area contributed by atoms with Crippen molar-refractivity contribution in [1.29, 1.82) is 0 Å². The first-order valence-corrected chi connectivity index (χ1v) is 15.1. The number of amides is 1. The molecule has 0 radical (unpaired) electrons. The lowest BCUT2D eigenvalue weighted by Crippen LogP contribution is -2.70. The zero-order valence-electron chi connectivity index (χ0n) is 25.5. The highest BCUT2D eigenvalue weighted by molar-refractivity contribution is 5.73. The first kappa shape index (κ1) is 39.5. The number of carbonyl (C=O) groups excluding carboxylic acids is 1. The van der Waals surface area contributed by atoms with Gasteiger partial charge in [0.1, 0.15) is 97.6 Å². The molecule has 48 heavy (non-hydrogen) atoms. The molecule has 4 rings (SSSR count). The van der Waals surface area contributed by atoms with Gasteiger partial charge in [0.05, 0.1) is 26.4 Å². The predicted molar refractivity (Wildman–Crippen MR) is 145 cm³/mol. The van der Waals surface area contributed by atoms with E-state index in [0.29, 0.717) is 0 Å². The highest BCUT2D eigenvalue weighted by Gasteiger charge is 2.55. The zero-order chi connectivity index (χ0) is 35.6. The second-order valence-corrected chi connectivity index (χ2v) is 11.9. The average molecular weight is 708 g/mol. The van der Waals surface area contributed by atoms with E-state index in [1.165, 1.54) is 0 Å². The van der Waals surface area contributed by atoms with Crippen LogP contribution in [0.2, 0.25) is 0 Å². The molecule has 14 N–H and O–H groups in total. The van der Waals surface area contributed by atoms with Crippen LogP contribution in [0.15, 0.2) is 0 Å². The summed E-state index contributed by atoms with van der Waals surface area (Å²) in [6, 6.07) is -1.60. The summed E-state index contributed by atoms with van der Waals surface area (Å²) in [5, 5.41) is 136. The molecule has 4 saturated heterocycles. The molecule has 4 aliphatic rings. The maximum atomic E-state index is 12.3. The van der Waals surface area contributed by atoms with E-state index in [2.05, 4.69) is 5.32 Å². The van der Waals surface area contributed by atoms with Gasteiger partial charge in [-0.2, -0.15) is 0 Å². The van der Waals surface area contributed by atoms with Crippen molar-refractivity contribution < 1.29 is 104 Å². The molecule has 4 heterocycles. The molecule has 280 valence electrons. The van der Waals surface area contributed by atoms with E-state index in [-0.39, 0.29) is 0 Å². The number of aliphatic hydroxyl groups excluding tert-OH is 13. The van der Waals surface area contributed by atoms with Crippen LogP contribution >= 0.6 is 0 Å². The number of carbonyl (C=O) groups is 1. The van der Waals surface area contributed by atoms with Gasteiger partial charge in [0.2, 0.25) is 5.91 Å². The minimum Gasteiger partial charge on any atom is -0.394 e. The van der Waals surface area contributed by atoms with Gasteiger partial charge in [0, 0.05) is 6.92 Å². The second kappa shape index (κ2) is 16.8. The maximum absolute atomic E-state index is 12.3. The Morgan fingerprint density at radius 1 is 0.500 bits per heavy atom. The van der Waals surface area contributed by atoms with Gasteiger partial charge in [-0.3, -0.25) is 4.79 Å². The molecular formula is C26H45NO21. The highest BCUT2D eigenvalue weighted by atomic mass is 16.8. The minimum atomic E-state index is -2.06. The van der Waals surface area contributed by atoms with Crippen molar-refractivity contribution in [3.63, 3.8) is 0 Å². The van der Waals surface area contributed by atoms with Crippen molar-refractivity contribution in [2.75, 3.05) is 26.4 Å². The summed E-state index contributed by atoms with van der Waals surface area (Å²) in [5.74, 6) is -0.764. The van der Waals surface area contributed by atoms with Crippen LogP contribution < -0.4 is 5.32 Å². The fourth-order valence-electron chi connectivity index (χ4n) is 5.93. The van der Waals surface area contributed by atoms with Gasteiger partial charge in [0.25, 0.3) is 0 Å². The number of rotatable bonds is 11. The van der Waals surface area contributed by atoms with E-state index in [0.717, 1.165) is 6.92 Å². The molecule has 20 atom stereocenters. The molecule has 1 unspecified atom stereocenters. The van der Waals surface area contributed by atoms with Crippen molar-refractivity contribution in [3.8, 4) is 0 Å². The van der Waals surface area contributed by atoms with E-state index in [1.54, 1.807) is 0 Å². The SMILES string of the molecule is CC(=O)N[C@H]1[C@H](O[C@H]2[C@@H](O)[C@@H](CO)OC(O)[C@@H]2O)O[C@H](CO)[C@@H](O)[C@@H]1O[C@@H]1O[C@H](CO)[C@H](O)[C@H](O[C@@H]2O[C@H](CO)[C@H](O)[C@H](O)[C@H]2O)[C@H]1O. The van der Waals surface area contributed by atoms with Crippen molar-refractivity contribution in [2.45, 2.75) is 130 Å². The van der Waals surface area contributed by atoms with Crippen molar-refractivity contribution in [2.24, 2.45) is 0 Å². The molecule has 22 nitrogen and oxygen atoms in total. The monoisotopic (exact) mass is 707 g/mol. The van der Waals surface area contributed by atoms with Crippen molar-refractivity contribution in [3.05, 3.63) is 0 Å². The van der Waals surface area contributed by atoms with Crippen molar-refractivity contribution >= 4 is 5.91 Å². The van der Waals surface area contributed by atoms with Crippen LogP contribution in [0.3, 0.4) is 0 Å². The first-order chi connectivity index (χ1) is 22.7. The van der Waals surface area contributed by atoms with Crippen molar-refractivity contribution in [1.82, 2.24) is 5.32 Å². The fraction of sp³-hybridized carbons (Fsp3) is 0.962. The smallest absolute Gasteiger partial charge is 0.217 e. The predicted octanol–water partition coefficient (Wildman–Crippen LogP) is -9.61. The Hall–Kier alpha value is -1.33. The molecule has 0 saturated carbocycles. The van der Waals surface area contributed by atoms with E-state index in [1.807, 2.05) is 0 Å². The van der Waals surface area contributed by atoms with Gasteiger partial charge in [-0.05, 0) is 0 Å². The number of aliphatic hydroxyl groups is 13. The van der Waals surface area contributed by atoms with Crippen LogP contribution in [0.4, 0.5) is 0 Å². The highest BCUT2D eigenvalue weighted by Crippen LogP contribution is 2.34. The summed E-state index contributed by atoms with van der Waals surface area (Å²) in [6.45, 7) is -2.39. The molecule has 0 spiro atoms. The Labute approximate surface area is 272 Å². The minimum absolute atomic E-state index is 0.764. The van der Waals surface area contributed by atoms with Gasteiger partial charge in [-0.15, -0.1) is 0 Å². The van der Waals surface area contributed by atoms with E-state index < -0.39 is 155 Å². The molecule has 4 fully saturated rings. The maximum Gasteiger partial charge on any atom is 0.217 e. The normalized spacial score (nSPS) is 50.2. The summed E-state index contributed by atoms with van der Waals surface area (Å²) < 4.78 is 38.5. The van der Waals surface area contributed by atoms with Gasteiger partial charge >= 0.3 is 0 Å². The Morgan fingerprint density at radius 3 is 1.42 bits per heavy atom. The first-order valence-electron chi connectivity index (χ1n) is 15.1. The van der Waals surface area contributed by atoms with Crippen LogP contribution in [-0.2, 0) is 38.0 Å². The molecule has 0 bridgehead atoms. The fourth-order valence-corrected chi connectivity index (χ4v) is 5.93. The molecular weight excluding hydrogens is 662 g/mol. The molecule has 22 heteroatoms. The van der Waals surface area contributed by atoms with Gasteiger partial charge in [-0.1, -0.05) is 0 Å². The molecule has 1 amide bonds. The zero-order valence-corrected chi connectivity index (χ0v) is 25.5. The molecule has 0 aromatic rings. The third-order valence-corrected chi connectivity index (χ3v) is 8.61. The molecule has 0 aromatic heterocycles.